The van der Waals surface area contributed by atoms with Crippen molar-refractivity contribution >= 4 is 28.6 Å². The molecule has 0 atom stereocenters. The van der Waals surface area contributed by atoms with Crippen molar-refractivity contribution < 1.29 is 4.79 Å². The molecule has 0 radical (unpaired) electrons. The van der Waals surface area contributed by atoms with E-state index in [1.807, 2.05) is 66.1 Å². The number of carbonyl (C=O) groups is 1. The van der Waals surface area contributed by atoms with Gasteiger partial charge in [0, 0.05) is 37.8 Å². The van der Waals surface area contributed by atoms with E-state index in [1.54, 1.807) is 6.07 Å². The maximum Gasteiger partial charge on any atom is 0.326 e. The highest BCUT2D eigenvalue weighted by Gasteiger charge is 2.24. The van der Waals surface area contributed by atoms with E-state index in [-0.39, 0.29) is 23.2 Å². The lowest BCUT2D eigenvalue weighted by Crippen LogP contribution is -2.36. The molecule has 1 fully saturated rings. The van der Waals surface area contributed by atoms with Gasteiger partial charge in [0.15, 0.2) is 0 Å². The zero-order valence-electron chi connectivity index (χ0n) is 24.0. The Morgan fingerprint density at radius 3 is 2.44 bits per heavy atom. The number of benzene rings is 3. The number of para-hydroxylation sites is 2. The summed E-state index contributed by atoms with van der Waals surface area (Å²) >= 11 is 0. The second kappa shape index (κ2) is 12.3. The number of carbonyl (C=O) groups excluding carboxylic acids is 1. The molecule has 216 valence electrons. The van der Waals surface area contributed by atoms with Crippen molar-refractivity contribution in [3.63, 3.8) is 0 Å². The monoisotopic (exact) mass is 571 g/mol. The molecular weight excluding hydrogens is 538 g/mol. The van der Waals surface area contributed by atoms with Crippen molar-refractivity contribution in [1.82, 2.24) is 24.8 Å². The van der Waals surface area contributed by atoms with Gasteiger partial charge in [0.25, 0.3) is 0 Å². The minimum atomic E-state index is -0.396. The largest absolute Gasteiger partial charge is 0.338 e. The minimum Gasteiger partial charge on any atom is -0.338 e. The number of urea groups is 1. The number of rotatable bonds is 7. The maximum atomic E-state index is 12.7. The van der Waals surface area contributed by atoms with Crippen LogP contribution in [0.4, 0.5) is 16.3 Å². The Labute approximate surface area is 250 Å². The molecule has 0 aliphatic carbocycles. The number of fused-ring (bicyclic) bond motifs is 1. The van der Waals surface area contributed by atoms with Crippen molar-refractivity contribution in [3.05, 3.63) is 112 Å². The van der Waals surface area contributed by atoms with Gasteiger partial charge in [-0.1, -0.05) is 66.7 Å². The summed E-state index contributed by atoms with van der Waals surface area (Å²) in [6, 6.07) is 27.6. The zero-order chi connectivity index (χ0) is 29.8. The van der Waals surface area contributed by atoms with Crippen LogP contribution in [0.2, 0.25) is 0 Å². The van der Waals surface area contributed by atoms with Crippen LogP contribution in [-0.2, 0) is 6.54 Å². The molecule has 2 amide bonds. The van der Waals surface area contributed by atoms with Gasteiger partial charge in [0.05, 0.1) is 23.3 Å². The van der Waals surface area contributed by atoms with Crippen LogP contribution >= 0.6 is 0 Å². The molecular formula is C34H33N7O2. The fourth-order valence-electron chi connectivity index (χ4n) is 5.85. The number of aromatic amines is 1. The molecule has 9 nitrogen and oxygen atoms in total. The van der Waals surface area contributed by atoms with Gasteiger partial charge in [-0.2, -0.15) is 0 Å². The summed E-state index contributed by atoms with van der Waals surface area (Å²) in [5.41, 5.74) is 6.66. The molecule has 1 aliphatic heterocycles. The SMILES string of the molecule is [C-]#[N+]c1cc(-c2ccccc2)c(-c2ccc(CN3CCC(n4c(=O)[nH]c5ccccc54)CC3)cc2)nc1NC(=O)NCC. The molecule has 0 unspecified atom stereocenters. The van der Waals surface area contributed by atoms with E-state index in [4.69, 9.17) is 11.6 Å². The Hall–Kier alpha value is -5.20. The summed E-state index contributed by atoms with van der Waals surface area (Å²) in [7, 11) is 0. The van der Waals surface area contributed by atoms with Crippen LogP contribution < -0.4 is 16.3 Å². The second-order valence-corrected chi connectivity index (χ2v) is 10.7. The number of H-pyrrole nitrogens is 1. The highest BCUT2D eigenvalue weighted by Crippen LogP contribution is 2.37. The molecule has 0 saturated carbocycles. The molecule has 5 aromatic rings. The zero-order valence-corrected chi connectivity index (χ0v) is 24.0. The summed E-state index contributed by atoms with van der Waals surface area (Å²) < 4.78 is 1.92. The first kappa shape index (κ1) is 27.9. The number of aromatic nitrogens is 3. The van der Waals surface area contributed by atoms with Gasteiger partial charge in [-0.25, -0.2) is 19.4 Å². The van der Waals surface area contributed by atoms with Gasteiger partial charge in [-0.15, -0.1) is 0 Å². The average molecular weight is 572 g/mol. The second-order valence-electron chi connectivity index (χ2n) is 10.7. The number of amides is 2. The Morgan fingerprint density at radius 2 is 1.72 bits per heavy atom. The predicted octanol–water partition coefficient (Wildman–Crippen LogP) is 6.59. The van der Waals surface area contributed by atoms with Gasteiger partial charge in [-0.3, -0.25) is 9.47 Å². The lowest BCUT2D eigenvalue weighted by molar-refractivity contribution is 0.180. The van der Waals surface area contributed by atoms with Crippen LogP contribution in [0.25, 0.3) is 38.3 Å². The molecule has 3 N–H and O–H groups in total. The molecule has 1 aliphatic rings. The number of imidazole rings is 1. The number of nitrogens with zero attached hydrogens (tertiary/aromatic N) is 4. The molecule has 3 aromatic carbocycles. The molecule has 2 aromatic heterocycles. The van der Waals surface area contributed by atoms with Gasteiger partial charge in [-0.05, 0) is 54.7 Å². The first-order valence-electron chi connectivity index (χ1n) is 14.6. The number of hydrogen-bond donors (Lipinski definition) is 3. The first-order valence-corrected chi connectivity index (χ1v) is 14.6. The average Bonchev–Trinajstić information content (AvgIpc) is 3.38. The number of pyridine rings is 1. The molecule has 3 heterocycles. The number of anilines is 1. The lowest BCUT2D eigenvalue weighted by atomic mass is 9.97. The summed E-state index contributed by atoms with van der Waals surface area (Å²) in [5.74, 6) is 0.233. The van der Waals surface area contributed by atoms with Crippen molar-refractivity contribution in [2.75, 3.05) is 25.0 Å². The Bertz CT molecular complexity index is 1840. The van der Waals surface area contributed by atoms with E-state index in [9.17, 15) is 9.59 Å². The van der Waals surface area contributed by atoms with Gasteiger partial charge in [0.1, 0.15) is 5.82 Å². The van der Waals surface area contributed by atoms with Gasteiger partial charge in [0.2, 0.25) is 5.69 Å². The van der Waals surface area contributed by atoms with E-state index in [2.05, 4.69) is 49.6 Å². The van der Waals surface area contributed by atoms with Crippen LogP contribution in [0.1, 0.15) is 31.4 Å². The van der Waals surface area contributed by atoms with E-state index in [0.29, 0.717) is 12.2 Å². The quantitative estimate of drug-likeness (QED) is 0.192. The number of hydrogen-bond acceptors (Lipinski definition) is 4. The smallest absolute Gasteiger partial charge is 0.326 e. The summed E-state index contributed by atoms with van der Waals surface area (Å²) in [6.07, 6.45) is 1.83. The highest BCUT2D eigenvalue weighted by atomic mass is 16.2. The van der Waals surface area contributed by atoms with Crippen LogP contribution in [0.3, 0.4) is 0 Å². The molecule has 43 heavy (non-hydrogen) atoms. The van der Waals surface area contributed by atoms with Gasteiger partial charge < -0.3 is 15.6 Å². The minimum absolute atomic E-state index is 0.0347. The molecule has 6 rings (SSSR count). The standard InChI is InChI=1S/C34H33N7O2/c1-3-36-33(42)39-32-29(35-2)21-27(24-9-5-4-6-10-24)31(38-32)25-15-13-23(14-16-25)22-40-19-17-26(18-20-40)41-30-12-8-7-11-28(30)37-34(41)43/h4-16,21,26H,3,17-20,22H2,1H3,(H,37,43)(H2,36,38,39,42). The maximum absolute atomic E-state index is 12.7. The third-order valence-electron chi connectivity index (χ3n) is 7.96. The highest BCUT2D eigenvalue weighted by molar-refractivity contribution is 5.95. The molecule has 0 spiro atoms. The summed E-state index contributed by atoms with van der Waals surface area (Å²) in [5, 5.41) is 5.44. The third-order valence-corrected chi connectivity index (χ3v) is 7.96. The van der Waals surface area contributed by atoms with E-state index in [1.165, 1.54) is 5.56 Å². The molecule has 0 bridgehead atoms. The molecule has 9 heteroatoms. The van der Waals surface area contributed by atoms with Crippen molar-refractivity contribution in [1.29, 1.82) is 0 Å². The van der Waals surface area contributed by atoms with Crippen LogP contribution in [0.5, 0.6) is 0 Å². The number of nitrogens with one attached hydrogen (secondary N) is 3. The normalized spacial score (nSPS) is 14.0. The van der Waals surface area contributed by atoms with E-state index >= 15 is 0 Å². The Balaban J connectivity index is 1.21. The topological polar surface area (TPSA) is 99.4 Å². The number of piperidine rings is 1. The third kappa shape index (κ3) is 5.92. The van der Waals surface area contributed by atoms with Crippen molar-refractivity contribution in [3.8, 4) is 22.4 Å². The van der Waals surface area contributed by atoms with E-state index in [0.717, 1.165) is 60.2 Å². The Kier molecular flexibility index (Phi) is 8.03. The summed E-state index contributed by atoms with van der Waals surface area (Å²) in [6.45, 7) is 12.6. The van der Waals surface area contributed by atoms with Crippen molar-refractivity contribution in [2.45, 2.75) is 32.4 Å². The van der Waals surface area contributed by atoms with Crippen LogP contribution in [0.15, 0.2) is 89.7 Å². The summed E-state index contributed by atoms with van der Waals surface area (Å²) in [4.78, 5) is 38.8. The van der Waals surface area contributed by atoms with Gasteiger partial charge >= 0.3 is 11.7 Å². The lowest BCUT2D eigenvalue weighted by Gasteiger charge is -2.32. The van der Waals surface area contributed by atoms with Crippen LogP contribution in [-0.4, -0.2) is 45.1 Å². The predicted molar refractivity (Wildman–Crippen MR) is 170 cm³/mol. The fourth-order valence-corrected chi connectivity index (χ4v) is 5.85. The molecule has 1 saturated heterocycles. The first-order chi connectivity index (χ1) is 21.0. The van der Waals surface area contributed by atoms with E-state index < -0.39 is 6.03 Å². The number of likely N-dealkylation sites (tertiary alicyclic amines) is 1. The Morgan fingerprint density at radius 1 is 1.00 bits per heavy atom. The fraction of sp³-hybridized carbons (Fsp3) is 0.235. The van der Waals surface area contributed by atoms with Crippen molar-refractivity contribution in [2.24, 2.45) is 0 Å². The van der Waals surface area contributed by atoms with Crippen LogP contribution in [0, 0.1) is 6.57 Å².